The first kappa shape index (κ1) is 12.8. The van der Waals surface area contributed by atoms with Crippen LogP contribution in [0.4, 0.5) is 5.69 Å². The summed E-state index contributed by atoms with van der Waals surface area (Å²) in [6.07, 6.45) is 3.83. The van der Waals surface area contributed by atoms with Gasteiger partial charge in [-0.25, -0.2) is 0 Å². The van der Waals surface area contributed by atoms with Gasteiger partial charge in [-0.05, 0) is 17.7 Å². The molecule has 1 aromatic rings. The lowest BCUT2D eigenvalue weighted by Crippen LogP contribution is -1.94. The van der Waals surface area contributed by atoms with E-state index in [0.717, 1.165) is 11.1 Å². The molecule has 0 saturated carbocycles. The van der Waals surface area contributed by atoms with Crippen molar-refractivity contribution in [2.24, 2.45) is 0 Å². The summed E-state index contributed by atoms with van der Waals surface area (Å²) in [5.41, 5.74) is 7.95. The molecule has 0 heterocycles. The van der Waals surface area contributed by atoms with Gasteiger partial charge in [0.05, 0.1) is 6.61 Å². The summed E-state index contributed by atoms with van der Waals surface area (Å²) in [7, 11) is 0. The zero-order valence-electron chi connectivity index (χ0n) is 9.14. The lowest BCUT2D eigenvalue weighted by Gasteiger charge is -2.02. The van der Waals surface area contributed by atoms with Gasteiger partial charge >= 0.3 is 0 Å². The van der Waals surface area contributed by atoms with Gasteiger partial charge in [0, 0.05) is 23.9 Å². The first-order chi connectivity index (χ1) is 7.63. The van der Waals surface area contributed by atoms with Crippen molar-refractivity contribution in [3.63, 3.8) is 0 Å². The van der Waals surface area contributed by atoms with Crippen LogP contribution in [0.2, 0.25) is 0 Å². The monoisotopic (exact) mass is 237 g/mol. The molecule has 3 N–H and O–H groups in total. The Morgan fingerprint density at radius 3 is 2.94 bits per heavy atom. The van der Waals surface area contributed by atoms with Gasteiger partial charge in [-0.15, -0.1) is 0 Å². The first-order valence-electron chi connectivity index (χ1n) is 4.92. The molecule has 0 saturated heterocycles. The average Bonchev–Trinajstić information content (AvgIpc) is 2.26. The fourth-order valence-electron chi connectivity index (χ4n) is 1.22. The number of rotatable bonds is 4. The summed E-state index contributed by atoms with van der Waals surface area (Å²) in [5, 5.41) is 9.14. The normalized spacial score (nSPS) is 10.9. The minimum atomic E-state index is -0.0598. The average molecular weight is 237 g/mol. The van der Waals surface area contributed by atoms with Gasteiger partial charge in [-0.1, -0.05) is 30.0 Å². The molecule has 0 atom stereocenters. The zero-order valence-corrected chi connectivity index (χ0v) is 9.96. The molecule has 0 aromatic heterocycles. The number of aliphatic hydroxyl groups is 1. The number of anilines is 1. The van der Waals surface area contributed by atoms with Crippen molar-refractivity contribution in [1.82, 2.24) is 0 Å². The highest BCUT2D eigenvalue weighted by molar-refractivity contribution is 8.13. The third-order valence-electron chi connectivity index (χ3n) is 2.03. The molecule has 3 nitrogen and oxygen atoms in total. The summed E-state index contributed by atoms with van der Waals surface area (Å²) in [6.45, 7) is 1.49. The molecule has 0 fully saturated rings. The number of nitrogens with two attached hydrogens (primary N) is 1. The predicted molar refractivity (Wildman–Crippen MR) is 69.0 cm³/mol. The van der Waals surface area contributed by atoms with Gasteiger partial charge in [-0.2, -0.15) is 0 Å². The second-order valence-corrected chi connectivity index (χ2v) is 4.52. The fourth-order valence-corrected chi connectivity index (χ4v) is 1.64. The van der Waals surface area contributed by atoms with Crippen LogP contribution in [0, 0.1) is 0 Å². The van der Waals surface area contributed by atoms with Gasteiger partial charge < -0.3 is 10.8 Å². The molecule has 0 amide bonds. The highest BCUT2D eigenvalue weighted by Crippen LogP contribution is 2.15. The molecule has 0 bridgehead atoms. The van der Waals surface area contributed by atoms with Crippen LogP contribution in [0.1, 0.15) is 18.1 Å². The minimum absolute atomic E-state index is 0.0598. The van der Waals surface area contributed by atoms with E-state index in [2.05, 4.69) is 0 Å². The number of hydrogen-bond acceptors (Lipinski definition) is 4. The third kappa shape index (κ3) is 4.08. The number of hydrogen-bond donors (Lipinski definition) is 2. The van der Waals surface area contributed by atoms with Crippen molar-refractivity contribution >= 4 is 28.6 Å². The summed E-state index contributed by atoms with van der Waals surface area (Å²) in [4.78, 5) is 10.7. The van der Waals surface area contributed by atoms with E-state index in [1.165, 1.54) is 11.8 Å². The Morgan fingerprint density at radius 1 is 1.56 bits per heavy atom. The minimum Gasteiger partial charge on any atom is -0.398 e. The maximum atomic E-state index is 10.7. The van der Waals surface area contributed by atoms with E-state index >= 15 is 0 Å². The van der Waals surface area contributed by atoms with Crippen molar-refractivity contribution in [2.45, 2.75) is 13.5 Å². The molecule has 0 spiro atoms. The van der Waals surface area contributed by atoms with Gasteiger partial charge in [0.25, 0.3) is 0 Å². The highest BCUT2D eigenvalue weighted by atomic mass is 32.2. The second-order valence-electron chi connectivity index (χ2n) is 3.32. The number of nitrogen functional groups attached to an aromatic ring is 1. The van der Waals surface area contributed by atoms with Gasteiger partial charge in [0.15, 0.2) is 5.12 Å². The maximum absolute atomic E-state index is 10.7. The largest absolute Gasteiger partial charge is 0.398 e. The van der Waals surface area contributed by atoms with E-state index in [4.69, 9.17) is 10.8 Å². The molecule has 1 rings (SSSR count). The Kier molecular flexibility index (Phi) is 5.08. The third-order valence-corrected chi connectivity index (χ3v) is 2.80. The number of aliphatic hydroxyl groups excluding tert-OH is 1. The van der Waals surface area contributed by atoms with Crippen molar-refractivity contribution < 1.29 is 9.90 Å². The predicted octanol–water partition coefficient (Wildman–Crippen LogP) is 2.05. The van der Waals surface area contributed by atoms with Crippen LogP contribution in [0.15, 0.2) is 24.3 Å². The van der Waals surface area contributed by atoms with Crippen molar-refractivity contribution in [3.05, 3.63) is 35.4 Å². The maximum Gasteiger partial charge on any atom is 0.186 e. The fraction of sp³-hybridized carbons (Fsp3) is 0.250. The Morgan fingerprint density at radius 2 is 2.31 bits per heavy atom. The van der Waals surface area contributed by atoms with Crippen LogP contribution in [0.25, 0.3) is 6.08 Å². The van der Waals surface area contributed by atoms with E-state index < -0.39 is 0 Å². The smallest absolute Gasteiger partial charge is 0.186 e. The highest BCUT2D eigenvalue weighted by Gasteiger charge is 1.97. The van der Waals surface area contributed by atoms with E-state index in [1.807, 2.05) is 24.3 Å². The number of benzene rings is 1. The van der Waals surface area contributed by atoms with Gasteiger partial charge in [0.2, 0.25) is 0 Å². The summed E-state index contributed by atoms with van der Waals surface area (Å²) in [5.74, 6) is 0.661. The zero-order chi connectivity index (χ0) is 12.0. The molecule has 1 aromatic carbocycles. The number of thioether (sulfide) groups is 1. The van der Waals surface area contributed by atoms with Crippen LogP contribution in [-0.2, 0) is 11.4 Å². The van der Waals surface area contributed by atoms with E-state index in [0.29, 0.717) is 11.4 Å². The van der Waals surface area contributed by atoms with Crippen LogP contribution in [-0.4, -0.2) is 16.0 Å². The quantitative estimate of drug-likeness (QED) is 0.787. The summed E-state index contributed by atoms with van der Waals surface area (Å²) >= 11 is 1.26. The molecule has 16 heavy (non-hydrogen) atoms. The molecule has 0 aliphatic heterocycles. The molecule has 0 unspecified atom stereocenters. The summed E-state index contributed by atoms with van der Waals surface area (Å²) < 4.78 is 0. The molecule has 0 aliphatic carbocycles. The van der Waals surface area contributed by atoms with Crippen LogP contribution in [0.3, 0.4) is 0 Å². The van der Waals surface area contributed by atoms with E-state index in [9.17, 15) is 4.79 Å². The van der Waals surface area contributed by atoms with Crippen LogP contribution < -0.4 is 5.73 Å². The molecule has 0 aliphatic rings. The first-order valence-corrected chi connectivity index (χ1v) is 5.91. The van der Waals surface area contributed by atoms with Crippen molar-refractivity contribution in [3.8, 4) is 0 Å². The molecule has 0 radical (unpaired) electrons. The number of carbonyl (C=O) groups is 1. The molecular weight excluding hydrogens is 222 g/mol. The van der Waals surface area contributed by atoms with E-state index in [1.54, 1.807) is 13.0 Å². The van der Waals surface area contributed by atoms with Crippen LogP contribution >= 0.6 is 11.8 Å². The Bertz CT molecular complexity index is 402. The molecule has 4 heteroatoms. The van der Waals surface area contributed by atoms with Crippen molar-refractivity contribution in [2.75, 3.05) is 11.5 Å². The van der Waals surface area contributed by atoms with Gasteiger partial charge in [0.1, 0.15) is 0 Å². The van der Waals surface area contributed by atoms with Crippen LogP contribution in [0.5, 0.6) is 0 Å². The Hall–Kier alpha value is -1.26. The van der Waals surface area contributed by atoms with E-state index in [-0.39, 0.29) is 11.7 Å². The lowest BCUT2D eigenvalue weighted by atomic mass is 10.1. The topological polar surface area (TPSA) is 63.3 Å². The van der Waals surface area contributed by atoms with Crippen molar-refractivity contribution in [1.29, 1.82) is 0 Å². The standard InChI is InChI=1S/C12H15NO2S/c1-9(15)16-6-2-3-10-4-5-12(13)11(7-10)8-14/h2-5,7,14H,6,8,13H2,1H3. The molecular formula is C12H15NO2S. The Labute approximate surface area is 99.4 Å². The number of carbonyl (C=O) groups excluding carboxylic acids is 1. The lowest BCUT2D eigenvalue weighted by molar-refractivity contribution is -0.109. The SMILES string of the molecule is CC(=O)SCC=Cc1ccc(N)c(CO)c1. The second kappa shape index (κ2) is 6.35. The molecule has 86 valence electrons. The summed E-state index contributed by atoms with van der Waals surface area (Å²) in [6, 6.07) is 5.48. The van der Waals surface area contributed by atoms with Gasteiger partial charge in [-0.3, -0.25) is 4.79 Å². The Balaban J connectivity index is 2.63.